The standard InChI is InChI=1S/C15H20N2O3/c1-3-14-16-12-7-6-11(15(18)19)10-13(12)17(14)8-4-5-9-20-2/h6-7,10H,3-5,8-9H2,1-2H3,(H,18,19). The maximum atomic E-state index is 11.1. The van der Waals surface area contributed by atoms with Crippen molar-refractivity contribution < 1.29 is 14.6 Å². The van der Waals surface area contributed by atoms with Crippen molar-refractivity contribution in [3.8, 4) is 0 Å². The summed E-state index contributed by atoms with van der Waals surface area (Å²) < 4.78 is 7.18. The number of fused-ring (bicyclic) bond motifs is 1. The number of rotatable bonds is 7. The fraction of sp³-hybridized carbons (Fsp3) is 0.467. The maximum Gasteiger partial charge on any atom is 0.335 e. The molecule has 0 spiro atoms. The molecule has 0 bridgehead atoms. The normalized spacial score (nSPS) is 11.1. The van der Waals surface area contributed by atoms with Crippen LogP contribution in [0.5, 0.6) is 0 Å². The van der Waals surface area contributed by atoms with Gasteiger partial charge in [-0.05, 0) is 31.0 Å². The predicted molar refractivity (Wildman–Crippen MR) is 77.2 cm³/mol. The number of aryl methyl sites for hydroxylation is 2. The number of carbonyl (C=O) groups is 1. The van der Waals surface area contributed by atoms with Crippen molar-refractivity contribution in [2.45, 2.75) is 32.7 Å². The van der Waals surface area contributed by atoms with Gasteiger partial charge in [0.1, 0.15) is 5.82 Å². The molecule has 0 atom stereocenters. The third kappa shape index (κ3) is 2.99. The number of nitrogens with zero attached hydrogens (tertiary/aromatic N) is 2. The van der Waals surface area contributed by atoms with E-state index < -0.39 is 5.97 Å². The molecular formula is C15H20N2O3. The van der Waals surface area contributed by atoms with Gasteiger partial charge in [0.05, 0.1) is 16.6 Å². The third-order valence-corrected chi connectivity index (χ3v) is 3.37. The van der Waals surface area contributed by atoms with Crippen LogP contribution < -0.4 is 0 Å². The number of carboxylic acids is 1. The summed E-state index contributed by atoms with van der Waals surface area (Å²) in [5.41, 5.74) is 2.07. The Labute approximate surface area is 118 Å². The Kier molecular flexibility index (Phi) is 4.74. The molecule has 0 fully saturated rings. The number of ether oxygens (including phenoxy) is 1. The zero-order valence-corrected chi connectivity index (χ0v) is 11.9. The van der Waals surface area contributed by atoms with E-state index in [1.807, 2.05) is 0 Å². The number of benzene rings is 1. The lowest BCUT2D eigenvalue weighted by Crippen LogP contribution is -2.05. The van der Waals surface area contributed by atoms with E-state index in [4.69, 9.17) is 9.84 Å². The molecule has 108 valence electrons. The van der Waals surface area contributed by atoms with Crippen molar-refractivity contribution in [2.75, 3.05) is 13.7 Å². The van der Waals surface area contributed by atoms with E-state index in [9.17, 15) is 4.79 Å². The van der Waals surface area contributed by atoms with Gasteiger partial charge in [0.15, 0.2) is 0 Å². The molecule has 0 saturated carbocycles. The molecule has 0 saturated heterocycles. The van der Waals surface area contributed by atoms with E-state index in [-0.39, 0.29) is 0 Å². The summed E-state index contributed by atoms with van der Waals surface area (Å²) >= 11 is 0. The van der Waals surface area contributed by atoms with Crippen molar-refractivity contribution in [1.82, 2.24) is 9.55 Å². The molecule has 5 nitrogen and oxygen atoms in total. The Morgan fingerprint density at radius 2 is 2.20 bits per heavy atom. The highest BCUT2D eigenvalue weighted by Crippen LogP contribution is 2.19. The lowest BCUT2D eigenvalue weighted by molar-refractivity contribution is 0.0697. The second kappa shape index (κ2) is 6.52. The lowest BCUT2D eigenvalue weighted by atomic mass is 10.2. The molecule has 1 aromatic carbocycles. The molecule has 0 amide bonds. The zero-order chi connectivity index (χ0) is 14.5. The van der Waals surface area contributed by atoms with Gasteiger partial charge in [-0.3, -0.25) is 0 Å². The Bertz CT molecular complexity index is 604. The minimum absolute atomic E-state index is 0.304. The summed E-state index contributed by atoms with van der Waals surface area (Å²) in [5.74, 6) is 0.0945. The van der Waals surface area contributed by atoms with E-state index in [1.54, 1.807) is 25.3 Å². The summed E-state index contributed by atoms with van der Waals surface area (Å²) in [5, 5.41) is 9.10. The van der Waals surface area contributed by atoms with Crippen LogP contribution in [0.15, 0.2) is 18.2 Å². The molecule has 2 rings (SSSR count). The second-order valence-corrected chi connectivity index (χ2v) is 4.74. The topological polar surface area (TPSA) is 64.3 Å². The number of methoxy groups -OCH3 is 1. The van der Waals surface area contributed by atoms with Crippen LogP contribution >= 0.6 is 0 Å². The largest absolute Gasteiger partial charge is 0.478 e. The SMILES string of the molecule is CCc1nc2ccc(C(=O)O)cc2n1CCCCOC. The van der Waals surface area contributed by atoms with Crippen LogP contribution in [-0.2, 0) is 17.7 Å². The van der Waals surface area contributed by atoms with Crippen LogP contribution in [-0.4, -0.2) is 34.3 Å². The fourth-order valence-electron chi connectivity index (χ4n) is 2.34. The monoisotopic (exact) mass is 276 g/mol. The lowest BCUT2D eigenvalue weighted by Gasteiger charge is -2.08. The number of hydrogen-bond donors (Lipinski definition) is 1. The molecule has 1 aromatic heterocycles. The summed E-state index contributed by atoms with van der Waals surface area (Å²) in [6.07, 6.45) is 2.81. The zero-order valence-electron chi connectivity index (χ0n) is 11.9. The first-order valence-electron chi connectivity index (χ1n) is 6.88. The van der Waals surface area contributed by atoms with Crippen LogP contribution in [0.2, 0.25) is 0 Å². The first-order valence-corrected chi connectivity index (χ1v) is 6.88. The number of aromatic carboxylic acids is 1. The molecule has 1 N–H and O–H groups in total. The molecule has 0 aliphatic rings. The van der Waals surface area contributed by atoms with Gasteiger partial charge in [-0.15, -0.1) is 0 Å². The summed E-state index contributed by atoms with van der Waals surface area (Å²) in [6.45, 7) is 3.64. The van der Waals surface area contributed by atoms with Crippen LogP contribution in [0.1, 0.15) is 35.9 Å². The molecule has 5 heteroatoms. The quantitative estimate of drug-likeness (QED) is 0.790. The molecule has 0 aliphatic carbocycles. The average molecular weight is 276 g/mol. The molecule has 2 aromatic rings. The molecular weight excluding hydrogens is 256 g/mol. The van der Waals surface area contributed by atoms with Crippen molar-refractivity contribution in [3.05, 3.63) is 29.6 Å². The number of hydrogen-bond acceptors (Lipinski definition) is 3. The smallest absolute Gasteiger partial charge is 0.335 e. The van der Waals surface area contributed by atoms with Gasteiger partial charge >= 0.3 is 5.97 Å². The van der Waals surface area contributed by atoms with E-state index in [0.717, 1.165) is 49.3 Å². The van der Waals surface area contributed by atoms with Gasteiger partial charge in [0, 0.05) is 26.7 Å². The minimum atomic E-state index is -0.905. The van der Waals surface area contributed by atoms with Crippen molar-refractivity contribution in [3.63, 3.8) is 0 Å². The molecule has 1 heterocycles. The van der Waals surface area contributed by atoms with Crippen molar-refractivity contribution in [1.29, 1.82) is 0 Å². The van der Waals surface area contributed by atoms with E-state index in [1.165, 1.54) is 0 Å². The number of imidazole rings is 1. The van der Waals surface area contributed by atoms with Gasteiger partial charge in [0.25, 0.3) is 0 Å². The van der Waals surface area contributed by atoms with Crippen molar-refractivity contribution in [2.24, 2.45) is 0 Å². The highest BCUT2D eigenvalue weighted by atomic mass is 16.5. The highest BCUT2D eigenvalue weighted by Gasteiger charge is 2.12. The Balaban J connectivity index is 2.33. The van der Waals surface area contributed by atoms with Gasteiger partial charge in [-0.2, -0.15) is 0 Å². The minimum Gasteiger partial charge on any atom is -0.478 e. The Morgan fingerprint density at radius 1 is 1.40 bits per heavy atom. The molecule has 20 heavy (non-hydrogen) atoms. The van der Waals surface area contributed by atoms with Crippen molar-refractivity contribution >= 4 is 17.0 Å². The van der Waals surface area contributed by atoms with E-state index >= 15 is 0 Å². The maximum absolute atomic E-state index is 11.1. The number of unbranched alkanes of at least 4 members (excludes halogenated alkanes) is 1. The Hall–Kier alpha value is -1.88. The van der Waals surface area contributed by atoms with Crippen LogP contribution in [0.4, 0.5) is 0 Å². The summed E-state index contributed by atoms with van der Waals surface area (Å²) in [4.78, 5) is 15.7. The predicted octanol–water partition coefficient (Wildman–Crippen LogP) is 2.72. The molecule has 0 aliphatic heterocycles. The van der Waals surface area contributed by atoms with Gasteiger partial charge in [0.2, 0.25) is 0 Å². The number of carboxylic acid groups (broad SMARTS) is 1. The first-order chi connectivity index (χ1) is 9.67. The van der Waals surface area contributed by atoms with Crippen LogP contribution in [0, 0.1) is 0 Å². The molecule has 0 radical (unpaired) electrons. The average Bonchev–Trinajstić information content (AvgIpc) is 2.80. The summed E-state index contributed by atoms with van der Waals surface area (Å²) in [7, 11) is 1.70. The first kappa shape index (κ1) is 14.5. The molecule has 0 unspecified atom stereocenters. The van der Waals surface area contributed by atoms with E-state index in [2.05, 4.69) is 16.5 Å². The third-order valence-electron chi connectivity index (χ3n) is 3.37. The van der Waals surface area contributed by atoms with Gasteiger partial charge < -0.3 is 14.4 Å². The van der Waals surface area contributed by atoms with Gasteiger partial charge in [-0.1, -0.05) is 6.92 Å². The van der Waals surface area contributed by atoms with Crippen LogP contribution in [0.3, 0.4) is 0 Å². The highest BCUT2D eigenvalue weighted by molar-refractivity contribution is 5.92. The fourth-order valence-corrected chi connectivity index (χ4v) is 2.34. The Morgan fingerprint density at radius 3 is 2.85 bits per heavy atom. The van der Waals surface area contributed by atoms with E-state index in [0.29, 0.717) is 5.56 Å². The summed E-state index contributed by atoms with van der Waals surface area (Å²) in [6, 6.07) is 5.09. The number of aromatic nitrogens is 2. The van der Waals surface area contributed by atoms with Gasteiger partial charge in [-0.25, -0.2) is 9.78 Å². The second-order valence-electron chi connectivity index (χ2n) is 4.74. The van der Waals surface area contributed by atoms with Crippen LogP contribution in [0.25, 0.3) is 11.0 Å².